The zero-order valence-electron chi connectivity index (χ0n) is 20.1. The summed E-state index contributed by atoms with van der Waals surface area (Å²) in [6.45, 7) is 5.13. The largest absolute Gasteiger partial charge is 0.450 e. The molecule has 4 heterocycles. The van der Waals surface area contributed by atoms with Crippen molar-refractivity contribution in [3.05, 3.63) is 40.4 Å². The number of likely N-dealkylation sites (tertiary alicyclic amines) is 2. The molecule has 2 aromatic rings. The van der Waals surface area contributed by atoms with Gasteiger partial charge in [-0.05, 0) is 68.8 Å². The summed E-state index contributed by atoms with van der Waals surface area (Å²) in [5.74, 6) is 2.13. The van der Waals surface area contributed by atoms with Crippen molar-refractivity contribution in [3.63, 3.8) is 0 Å². The highest BCUT2D eigenvalue weighted by Gasteiger charge is 2.27. The Morgan fingerprint density at radius 3 is 2.57 bits per heavy atom. The van der Waals surface area contributed by atoms with E-state index >= 15 is 0 Å². The quantitative estimate of drug-likeness (QED) is 0.485. The molecule has 0 saturated carbocycles. The predicted octanol–water partition coefficient (Wildman–Crippen LogP) is 1.74. The number of ether oxygens (including phenoxy) is 1. The number of amides is 1. The number of hydrogen-bond donors (Lipinski definition) is 3. The molecule has 3 aliphatic heterocycles. The van der Waals surface area contributed by atoms with Crippen LogP contribution >= 0.6 is 0 Å². The Labute approximate surface area is 205 Å². The summed E-state index contributed by atoms with van der Waals surface area (Å²) in [4.78, 5) is 33.3. The molecule has 2 saturated heterocycles. The Hall–Kier alpha value is -2.95. The fraction of sp³-hybridized carbons (Fsp3) is 0.560. The van der Waals surface area contributed by atoms with Crippen LogP contribution in [0.3, 0.4) is 0 Å². The van der Waals surface area contributed by atoms with Crippen molar-refractivity contribution in [2.24, 2.45) is 11.5 Å². The fourth-order valence-electron chi connectivity index (χ4n) is 5.44. The molecule has 10 nitrogen and oxygen atoms in total. The fourth-order valence-corrected chi connectivity index (χ4v) is 5.44. The van der Waals surface area contributed by atoms with E-state index in [2.05, 4.69) is 27.3 Å². The molecule has 0 aliphatic carbocycles. The molecule has 0 atom stereocenters. The molecular formula is C25H35N7O3. The summed E-state index contributed by atoms with van der Waals surface area (Å²) in [6, 6.07) is 6.27. The molecule has 1 aromatic heterocycles. The van der Waals surface area contributed by atoms with Gasteiger partial charge in [-0.1, -0.05) is 6.07 Å². The summed E-state index contributed by atoms with van der Waals surface area (Å²) >= 11 is 0. The van der Waals surface area contributed by atoms with Gasteiger partial charge in [0.2, 0.25) is 5.91 Å². The molecule has 188 valence electrons. The number of rotatable bonds is 6. The topological polar surface area (TPSA) is 132 Å². The Balaban J connectivity index is 1.26. The number of anilines is 2. The Morgan fingerprint density at radius 2 is 1.86 bits per heavy atom. The van der Waals surface area contributed by atoms with Crippen molar-refractivity contribution in [1.29, 1.82) is 0 Å². The van der Waals surface area contributed by atoms with E-state index in [4.69, 9.17) is 16.2 Å². The van der Waals surface area contributed by atoms with E-state index in [0.29, 0.717) is 24.0 Å². The normalized spacial score (nSPS) is 19.0. The number of piperidine rings is 2. The van der Waals surface area contributed by atoms with Crippen LogP contribution in [-0.4, -0.2) is 71.1 Å². The maximum atomic E-state index is 12.9. The van der Waals surface area contributed by atoms with Crippen molar-refractivity contribution in [2.45, 2.75) is 44.1 Å². The first-order valence-electron chi connectivity index (χ1n) is 12.7. The van der Waals surface area contributed by atoms with Crippen LogP contribution in [0, 0.1) is 0 Å². The summed E-state index contributed by atoms with van der Waals surface area (Å²) < 4.78 is 7.90. The van der Waals surface area contributed by atoms with Gasteiger partial charge in [0.1, 0.15) is 0 Å². The second-order valence-corrected chi connectivity index (χ2v) is 9.70. The highest BCUT2D eigenvalue weighted by molar-refractivity contribution is 5.78. The third kappa shape index (κ3) is 5.05. The molecule has 5 rings (SSSR count). The predicted molar refractivity (Wildman–Crippen MR) is 134 cm³/mol. The third-order valence-electron chi connectivity index (χ3n) is 7.52. The van der Waals surface area contributed by atoms with Crippen LogP contribution in [0.1, 0.15) is 49.6 Å². The smallest absolute Gasteiger partial charge is 0.350 e. The molecule has 10 heteroatoms. The van der Waals surface area contributed by atoms with Crippen LogP contribution in [0.2, 0.25) is 0 Å². The van der Waals surface area contributed by atoms with Crippen molar-refractivity contribution >= 4 is 17.4 Å². The van der Waals surface area contributed by atoms with Crippen LogP contribution in [0.25, 0.3) is 0 Å². The van der Waals surface area contributed by atoms with Gasteiger partial charge in [0.25, 0.3) is 0 Å². The number of carbonyl (C=O) groups is 1. The lowest BCUT2D eigenvalue weighted by atomic mass is 9.89. The number of hydrogen-bond acceptors (Lipinski definition) is 8. The third-order valence-corrected chi connectivity index (χ3v) is 7.52. The molecule has 1 aromatic carbocycles. The van der Waals surface area contributed by atoms with Gasteiger partial charge in [0.05, 0.1) is 18.4 Å². The van der Waals surface area contributed by atoms with Gasteiger partial charge >= 0.3 is 5.69 Å². The minimum Gasteiger partial charge on any atom is -0.450 e. The zero-order chi connectivity index (χ0) is 24.4. The summed E-state index contributed by atoms with van der Waals surface area (Å²) in [6.07, 6.45) is 6.42. The number of benzene rings is 1. The van der Waals surface area contributed by atoms with Crippen molar-refractivity contribution < 1.29 is 9.53 Å². The first kappa shape index (κ1) is 23.8. The first-order valence-corrected chi connectivity index (χ1v) is 12.7. The highest BCUT2D eigenvalue weighted by atomic mass is 16.5. The van der Waals surface area contributed by atoms with Crippen LogP contribution in [-0.2, 0) is 4.79 Å². The highest BCUT2D eigenvalue weighted by Crippen LogP contribution is 2.42. The minimum absolute atomic E-state index is 0.00874. The summed E-state index contributed by atoms with van der Waals surface area (Å²) in [7, 11) is 0. The van der Waals surface area contributed by atoms with E-state index in [1.807, 2.05) is 11.0 Å². The Kier molecular flexibility index (Phi) is 7.03. The molecule has 3 aliphatic rings. The second-order valence-electron chi connectivity index (χ2n) is 9.70. The van der Waals surface area contributed by atoms with E-state index in [1.54, 1.807) is 10.8 Å². The number of nitrogens with one attached hydrogen (secondary N) is 1. The van der Waals surface area contributed by atoms with Gasteiger partial charge in [0.15, 0.2) is 17.3 Å². The maximum Gasteiger partial charge on any atom is 0.350 e. The first-order chi connectivity index (χ1) is 17.1. The van der Waals surface area contributed by atoms with Gasteiger partial charge in [-0.2, -0.15) is 4.98 Å². The molecule has 1 amide bonds. The zero-order valence-corrected chi connectivity index (χ0v) is 20.1. The number of nitrogens with zero attached hydrogens (tertiary/aromatic N) is 4. The van der Waals surface area contributed by atoms with Crippen LogP contribution in [0.15, 0.2) is 29.2 Å². The molecule has 0 radical (unpaired) electrons. The standard InChI is InChI=1S/C25H35N7O3/c26-8-1-9-30-10-6-19(7-11-30)32-16-22-24(29-25(32)34)28-20-14-18(2-3-21(20)35-22)17-4-12-31(13-5-17)23(33)15-27/h2-3,14,16-17,19H,1,4-13,15,26-27H2,(H,28,29,34). The number of nitrogens with two attached hydrogens (primary N) is 2. The number of carbonyl (C=O) groups excluding carboxylic acids is 1. The molecule has 2 fully saturated rings. The van der Waals surface area contributed by atoms with Gasteiger partial charge in [0, 0.05) is 32.2 Å². The lowest BCUT2D eigenvalue weighted by Crippen LogP contribution is -2.41. The lowest BCUT2D eigenvalue weighted by Gasteiger charge is -2.33. The maximum absolute atomic E-state index is 12.9. The number of fused-ring (bicyclic) bond motifs is 2. The van der Waals surface area contributed by atoms with E-state index < -0.39 is 0 Å². The SMILES string of the molecule is NCCCN1CCC(n2cc3c(nc2=O)Nc2cc(C4CCN(C(=O)CN)CC4)ccc2O3)CC1. The van der Waals surface area contributed by atoms with E-state index in [9.17, 15) is 9.59 Å². The van der Waals surface area contributed by atoms with E-state index in [-0.39, 0.29) is 24.2 Å². The second kappa shape index (κ2) is 10.3. The summed E-state index contributed by atoms with van der Waals surface area (Å²) in [5.41, 5.74) is 12.9. The lowest BCUT2D eigenvalue weighted by molar-refractivity contribution is -0.130. The van der Waals surface area contributed by atoms with Crippen molar-refractivity contribution in [3.8, 4) is 11.5 Å². The minimum atomic E-state index is -0.253. The van der Waals surface area contributed by atoms with Crippen LogP contribution in [0.4, 0.5) is 11.5 Å². The van der Waals surface area contributed by atoms with Crippen molar-refractivity contribution in [2.75, 3.05) is 51.1 Å². The van der Waals surface area contributed by atoms with Crippen LogP contribution < -0.4 is 27.2 Å². The van der Waals surface area contributed by atoms with E-state index in [0.717, 1.165) is 76.3 Å². The molecular weight excluding hydrogens is 446 g/mol. The molecule has 0 spiro atoms. The Morgan fingerprint density at radius 1 is 1.09 bits per heavy atom. The molecule has 0 bridgehead atoms. The average molecular weight is 482 g/mol. The van der Waals surface area contributed by atoms with Gasteiger partial charge in [-0.25, -0.2) is 4.79 Å². The van der Waals surface area contributed by atoms with Crippen molar-refractivity contribution in [1.82, 2.24) is 19.4 Å². The molecule has 35 heavy (non-hydrogen) atoms. The average Bonchev–Trinajstić information content (AvgIpc) is 2.90. The number of aromatic nitrogens is 2. The Bertz CT molecular complexity index is 1120. The van der Waals surface area contributed by atoms with Gasteiger partial charge < -0.3 is 31.3 Å². The van der Waals surface area contributed by atoms with Gasteiger partial charge in [-0.15, -0.1) is 0 Å². The van der Waals surface area contributed by atoms with Gasteiger partial charge in [-0.3, -0.25) is 9.36 Å². The van der Waals surface area contributed by atoms with E-state index in [1.165, 1.54) is 5.56 Å². The monoisotopic (exact) mass is 481 g/mol. The van der Waals surface area contributed by atoms with Crippen LogP contribution in [0.5, 0.6) is 11.5 Å². The summed E-state index contributed by atoms with van der Waals surface area (Å²) in [5, 5.41) is 3.31. The molecule has 5 N–H and O–H groups in total. The molecule has 0 unspecified atom stereocenters.